The number of anilines is 1. The highest BCUT2D eigenvalue weighted by Gasteiger charge is 2.18. The van der Waals surface area contributed by atoms with E-state index in [0.717, 1.165) is 30.4 Å². The number of nitrogens with zero attached hydrogens (tertiary/aromatic N) is 3. The first-order valence-electron chi connectivity index (χ1n) is 9.93. The Morgan fingerprint density at radius 3 is 2.71 bits per heavy atom. The number of hydrogen-bond donors (Lipinski definition) is 1. The van der Waals surface area contributed by atoms with Crippen LogP contribution in [-0.4, -0.2) is 42.0 Å². The van der Waals surface area contributed by atoms with Gasteiger partial charge in [0.2, 0.25) is 5.91 Å². The van der Waals surface area contributed by atoms with Crippen molar-refractivity contribution in [1.29, 1.82) is 0 Å². The summed E-state index contributed by atoms with van der Waals surface area (Å²) in [7, 11) is 2.02. The molecule has 0 aliphatic carbocycles. The normalized spacial score (nSPS) is 11.7. The summed E-state index contributed by atoms with van der Waals surface area (Å²) in [6.07, 6.45) is 0.214. The molecule has 0 radical (unpaired) electrons. The summed E-state index contributed by atoms with van der Waals surface area (Å²) in [5.74, 6) is -0.0775. The Morgan fingerprint density at radius 1 is 1.19 bits per heavy atom. The molecule has 0 saturated carbocycles. The number of carbonyl (C=O) groups is 1. The van der Waals surface area contributed by atoms with Gasteiger partial charge in [0.05, 0.1) is 5.75 Å². The van der Waals surface area contributed by atoms with Gasteiger partial charge in [0.25, 0.3) is 11.1 Å². The molecule has 164 valence electrons. The van der Waals surface area contributed by atoms with E-state index in [1.54, 1.807) is 19.1 Å². The summed E-state index contributed by atoms with van der Waals surface area (Å²) < 4.78 is 24.7. The number of hydrogen-bond acceptors (Lipinski definition) is 7. The molecule has 31 heavy (non-hydrogen) atoms. The second kappa shape index (κ2) is 11.4. The van der Waals surface area contributed by atoms with E-state index < -0.39 is 11.9 Å². The van der Waals surface area contributed by atoms with Crippen LogP contribution < -0.4 is 15.0 Å². The number of para-hydroxylation sites is 2. The molecule has 3 aromatic rings. The maximum absolute atomic E-state index is 13.7. The van der Waals surface area contributed by atoms with E-state index in [1.807, 2.05) is 25.2 Å². The molecule has 0 spiro atoms. The number of halogens is 1. The predicted molar refractivity (Wildman–Crippen MR) is 118 cm³/mol. The number of benzene rings is 2. The molecule has 2 aromatic carbocycles. The van der Waals surface area contributed by atoms with Crippen molar-refractivity contribution in [3.63, 3.8) is 0 Å². The fourth-order valence-corrected chi connectivity index (χ4v) is 3.36. The van der Waals surface area contributed by atoms with Crippen LogP contribution in [0.3, 0.4) is 0 Å². The molecule has 7 nitrogen and oxygen atoms in total. The summed E-state index contributed by atoms with van der Waals surface area (Å²) in [6, 6.07) is 16.2. The van der Waals surface area contributed by atoms with Crippen molar-refractivity contribution in [2.24, 2.45) is 0 Å². The van der Waals surface area contributed by atoms with Crippen LogP contribution in [0.15, 0.2) is 64.2 Å². The van der Waals surface area contributed by atoms with Crippen LogP contribution in [0.4, 0.5) is 10.1 Å². The standard InChI is InChI=1S/C22H25FN4O3S/c1-16(29-19-12-7-6-11-18(19)23)21-25-26-22(30-21)31-15-20(28)24-13-8-14-27(2)17-9-4-3-5-10-17/h3-7,9-12,16H,8,13-15H2,1-2H3,(H,24,28). The van der Waals surface area contributed by atoms with Crippen LogP contribution in [0, 0.1) is 5.82 Å². The van der Waals surface area contributed by atoms with Gasteiger partial charge in [-0.05, 0) is 37.6 Å². The Labute approximate surface area is 185 Å². The number of nitrogens with one attached hydrogen (secondary N) is 1. The second-order valence-electron chi connectivity index (χ2n) is 6.85. The molecule has 0 fully saturated rings. The molecule has 0 saturated heterocycles. The molecule has 1 atom stereocenters. The molecule has 1 amide bonds. The average Bonchev–Trinajstić information content (AvgIpc) is 3.26. The number of amides is 1. The van der Waals surface area contributed by atoms with Crippen LogP contribution in [0.5, 0.6) is 5.75 Å². The fourth-order valence-electron chi connectivity index (χ4n) is 2.76. The molecular formula is C22H25FN4O3S. The molecule has 0 bridgehead atoms. The van der Waals surface area contributed by atoms with Gasteiger partial charge in [-0.2, -0.15) is 0 Å². The van der Waals surface area contributed by atoms with E-state index in [2.05, 4.69) is 32.5 Å². The lowest BCUT2D eigenvalue weighted by Crippen LogP contribution is -2.29. The van der Waals surface area contributed by atoms with Crippen molar-refractivity contribution in [2.45, 2.75) is 24.7 Å². The third-order valence-corrected chi connectivity index (χ3v) is 5.24. The summed E-state index contributed by atoms with van der Waals surface area (Å²) in [5.41, 5.74) is 1.14. The van der Waals surface area contributed by atoms with Gasteiger partial charge in [-0.1, -0.05) is 42.1 Å². The minimum Gasteiger partial charge on any atom is -0.478 e. The molecule has 1 N–H and O–H groups in total. The SMILES string of the molecule is CC(Oc1ccccc1F)c1nnc(SCC(=O)NCCCN(C)c2ccccc2)o1. The van der Waals surface area contributed by atoms with Gasteiger partial charge in [-0.25, -0.2) is 4.39 Å². The smallest absolute Gasteiger partial charge is 0.277 e. The van der Waals surface area contributed by atoms with Gasteiger partial charge in [0, 0.05) is 25.8 Å². The van der Waals surface area contributed by atoms with Gasteiger partial charge in [-0.15, -0.1) is 10.2 Å². The minimum absolute atomic E-state index is 0.109. The van der Waals surface area contributed by atoms with Crippen LogP contribution in [0.1, 0.15) is 25.3 Å². The Balaban J connectivity index is 1.36. The van der Waals surface area contributed by atoms with E-state index >= 15 is 0 Å². The highest BCUT2D eigenvalue weighted by Crippen LogP contribution is 2.25. The number of rotatable bonds is 11. The second-order valence-corrected chi connectivity index (χ2v) is 7.77. The minimum atomic E-state index is -0.616. The number of thioether (sulfide) groups is 1. The molecule has 9 heteroatoms. The Morgan fingerprint density at radius 2 is 1.94 bits per heavy atom. The summed E-state index contributed by atoms with van der Waals surface area (Å²) in [5, 5.41) is 11.0. The molecule has 0 aliphatic rings. The lowest BCUT2D eigenvalue weighted by Gasteiger charge is -2.19. The van der Waals surface area contributed by atoms with Gasteiger partial charge >= 0.3 is 0 Å². The summed E-state index contributed by atoms with van der Waals surface area (Å²) in [4.78, 5) is 14.2. The zero-order valence-corrected chi connectivity index (χ0v) is 18.3. The van der Waals surface area contributed by atoms with E-state index in [1.165, 1.54) is 12.1 Å². The lowest BCUT2D eigenvalue weighted by molar-refractivity contribution is -0.118. The van der Waals surface area contributed by atoms with E-state index in [-0.39, 0.29) is 28.5 Å². The van der Waals surface area contributed by atoms with E-state index in [9.17, 15) is 9.18 Å². The summed E-state index contributed by atoms with van der Waals surface area (Å²) >= 11 is 1.15. The van der Waals surface area contributed by atoms with Crippen molar-refractivity contribution >= 4 is 23.4 Å². The van der Waals surface area contributed by atoms with E-state index in [4.69, 9.17) is 9.15 Å². The molecular weight excluding hydrogens is 419 g/mol. The van der Waals surface area contributed by atoms with Gasteiger partial charge in [0.15, 0.2) is 17.7 Å². The quantitative estimate of drug-likeness (QED) is 0.352. The lowest BCUT2D eigenvalue weighted by atomic mass is 10.3. The number of carbonyl (C=O) groups excluding carboxylic acids is 1. The average molecular weight is 445 g/mol. The van der Waals surface area contributed by atoms with Crippen LogP contribution >= 0.6 is 11.8 Å². The third-order valence-electron chi connectivity index (χ3n) is 4.43. The third kappa shape index (κ3) is 6.99. The molecule has 1 heterocycles. The largest absolute Gasteiger partial charge is 0.478 e. The maximum Gasteiger partial charge on any atom is 0.277 e. The van der Waals surface area contributed by atoms with Crippen molar-refractivity contribution in [3.05, 3.63) is 66.3 Å². The van der Waals surface area contributed by atoms with E-state index in [0.29, 0.717) is 6.54 Å². The highest BCUT2D eigenvalue weighted by molar-refractivity contribution is 7.99. The Hall–Kier alpha value is -3.07. The fraction of sp³-hybridized carbons (Fsp3) is 0.318. The van der Waals surface area contributed by atoms with Crippen molar-refractivity contribution in [2.75, 3.05) is 30.8 Å². The Bertz CT molecular complexity index is 970. The molecule has 0 aliphatic heterocycles. The maximum atomic E-state index is 13.7. The zero-order valence-electron chi connectivity index (χ0n) is 17.5. The van der Waals surface area contributed by atoms with Crippen LogP contribution in [-0.2, 0) is 4.79 Å². The van der Waals surface area contributed by atoms with Gasteiger partial charge in [0.1, 0.15) is 0 Å². The summed E-state index contributed by atoms with van der Waals surface area (Å²) in [6.45, 7) is 3.11. The highest BCUT2D eigenvalue weighted by atomic mass is 32.2. The molecule has 1 unspecified atom stereocenters. The number of aromatic nitrogens is 2. The number of ether oxygens (including phenoxy) is 1. The molecule has 3 rings (SSSR count). The zero-order chi connectivity index (χ0) is 22.1. The van der Waals surface area contributed by atoms with Crippen LogP contribution in [0.25, 0.3) is 0 Å². The van der Waals surface area contributed by atoms with Gasteiger partial charge in [-0.3, -0.25) is 4.79 Å². The van der Waals surface area contributed by atoms with Crippen molar-refractivity contribution < 1.29 is 18.3 Å². The first kappa shape index (κ1) is 22.6. The molecule has 1 aromatic heterocycles. The first-order chi connectivity index (χ1) is 15.0. The predicted octanol–water partition coefficient (Wildman–Crippen LogP) is 4.08. The van der Waals surface area contributed by atoms with Crippen molar-refractivity contribution in [3.8, 4) is 5.75 Å². The van der Waals surface area contributed by atoms with Gasteiger partial charge < -0.3 is 19.4 Å². The first-order valence-corrected chi connectivity index (χ1v) is 10.9. The van der Waals surface area contributed by atoms with Crippen molar-refractivity contribution in [1.82, 2.24) is 15.5 Å². The Kier molecular flexibility index (Phi) is 8.28. The topological polar surface area (TPSA) is 80.5 Å². The van der Waals surface area contributed by atoms with Crippen LogP contribution in [0.2, 0.25) is 0 Å². The monoisotopic (exact) mass is 444 g/mol.